The van der Waals surface area contributed by atoms with Crippen molar-refractivity contribution in [3.8, 4) is 10.6 Å². The van der Waals surface area contributed by atoms with Gasteiger partial charge >= 0.3 is 0 Å². The van der Waals surface area contributed by atoms with Crippen molar-refractivity contribution >= 4 is 40.8 Å². The van der Waals surface area contributed by atoms with Gasteiger partial charge in [-0.1, -0.05) is 0 Å². The summed E-state index contributed by atoms with van der Waals surface area (Å²) >= 11 is 6.36. The quantitative estimate of drug-likeness (QED) is 0.490. The Hall–Kier alpha value is -2.13. The Morgan fingerprint density at radius 1 is 1.50 bits per heavy atom. The number of aromatic nitrogens is 3. The zero-order chi connectivity index (χ0) is 16.1. The summed E-state index contributed by atoms with van der Waals surface area (Å²) in [6.07, 6.45) is 3.37. The third-order valence-corrected chi connectivity index (χ3v) is 3.59. The highest BCUT2D eigenvalue weighted by molar-refractivity contribution is 7.80. The van der Waals surface area contributed by atoms with E-state index in [2.05, 4.69) is 25.4 Å². The Morgan fingerprint density at radius 2 is 2.27 bits per heavy atom. The van der Waals surface area contributed by atoms with Crippen molar-refractivity contribution in [2.75, 3.05) is 12.4 Å². The number of hydrogen-bond donors (Lipinski definition) is 2. The molecule has 9 heteroatoms. The fourth-order valence-corrected chi connectivity index (χ4v) is 2.16. The zero-order valence-corrected chi connectivity index (χ0v) is 14.1. The van der Waals surface area contributed by atoms with Crippen LogP contribution in [0.2, 0.25) is 0 Å². The van der Waals surface area contributed by atoms with E-state index in [1.165, 1.54) is 16.3 Å². The number of thiocarbonyl (C=S) groups is 1. The van der Waals surface area contributed by atoms with E-state index in [-0.39, 0.29) is 11.2 Å². The van der Waals surface area contributed by atoms with Gasteiger partial charge in [0, 0.05) is 19.3 Å². The second kappa shape index (κ2) is 7.23. The van der Waals surface area contributed by atoms with E-state index in [9.17, 15) is 0 Å². The molecule has 0 unspecified atom stereocenters. The van der Waals surface area contributed by atoms with Crippen LogP contribution in [0.1, 0.15) is 19.5 Å². The van der Waals surface area contributed by atoms with Gasteiger partial charge in [-0.25, -0.2) is 15.0 Å². The molecular weight excluding hydrogens is 318 g/mol. The number of rotatable bonds is 5. The first kappa shape index (κ1) is 16.2. The van der Waals surface area contributed by atoms with Crippen LogP contribution in [0, 0.1) is 0 Å². The van der Waals surface area contributed by atoms with Gasteiger partial charge in [0.25, 0.3) is 0 Å². The number of anilines is 1. The molecule has 0 radical (unpaired) electrons. The van der Waals surface area contributed by atoms with Crippen molar-refractivity contribution in [2.45, 2.75) is 19.9 Å². The average molecular weight is 335 g/mol. The Balaban J connectivity index is 2.36. The molecule has 2 rings (SSSR count). The van der Waals surface area contributed by atoms with Gasteiger partial charge < -0.3 is 11.1 Å². The summed E-state index contributed by atoms with van der Waals surface area (Å²) < 4.78 is 0. The second-order valence-corrected chi connectivity index (χ2v) is 6.08. The third-order valence-electron chi connectivity index (χ3n) is 2.53. The molecule has 2 aromatic heterocycles. The van der Waals surface area contributed by atoms with E-state index in [1.54, 1.807) is 25.0 Å². The van der Waals surface area contributed by atoms with Gasteiger partial charge in [0.1, 0.15) is 0 Å². The maximum Gasteiger partial charge on any atom is 0.224 e. The van der Waals surface area contributed by atoms with E-state index >= 15 is 0 Å². The molecule has 2 aromatic rings. The molecule has 0 fully saturated rings. The lowest BCUT2D eigenvalue weighted by Crippen LogP contribution is -2.27. The molecule has 0 atom stereocenters. The molecule has 0 saturated heterocycles. The summed E-state index contributed by atoms with van der Waals surface area (Å²) in [7, 11) is 1.68. The highest BCUT2D eigenvalue weighted by Crippen LogP contribution is 2.22. The molecule has 0 amide bonds. The van der Waals surface area contributed by atoms with Gasteiger partial charge in [-0.15, -0.1) is 11.3 Å². The normalized spacial score (nSPS) is 11.1. The van der Waals surface area contributed by atoms with Crippen LogP contribution in [-0.2, 0) is 0 Å². The van der Waals surface area contributed by atoms with Crippen molar-refractivity contribution < 1.29 is 0 Å². The lowest BCUT2D eigenvalue weighted by atomic mass is 10.3. The predicted octanol–water partition coefficient (Wildman–Crippen LogP) is 1.93. The molecule has 2 heterocycles. The van der Waals surface area contributed by atoms with Crippen LogP contribution in [0.3, 0.4) is 0 Å². The van der Waals surface area contributed by atoms with E-state index < -0.39 is 0 Å². The maximum atomic E-state index is 5.49. The maximum absolute atomic E-state index is 5.49. The number of nitrogens with one attached hydrogen (secondary N) is 1. The molecule has 3 N–H and O–H groups in total. The summed E-state index contributed by atoms with van der Waals surface area (Å²) in [4.78, 5) is 14.0. The highest BCUT2D eigenvalue weighted by Gasteiger charge is 2.08. The van der Waals surface area contributed by atoms with E-state index in [0.29, 0.717) is 11.6 Å². The summed E-state index contributed by atoms with van der Waals surface area (Å²) in [5.41, 5.74) is 8.71. The summed E-state index contributed by atoms with van der Waals surface area (Å²) in [5.74, 6) is 0.542. The van der Waals surface area contributed by atoms with Crippen LogP contribution >= 0.6 is 23.6 Å². The largest absolute Gasteiger partial charge is 0.375 e. The van der Waals surface area contributed by atoms with E-state index in [0.717, 1.165) is 10.6 Å². The third kappa shape index (κ3) is 4.43. The first-order valence-electron chi connectivity index (χ1n) is 6.57. The van der Waals surface area contributed by atoms with Crippen LogP contribution in [0.25, 0.3) is 10.6 Å². The molecule has 0 saturated carbocycles. The predicted molar refractivity (Wildman–Crippen MR) is 94.0 cm³/mol. The van der Waals surface area contributed by atoms with Gasteiger partial charge in [-0.2, -0.15) is 5.10 Å². The van der Waals surface area contributed by atoms with Gasteiger partial charge in [-0.05, 0) is 32.1 Å². The van der Waals surface area contributed by atoms with Crippen molar-refractivity contribution in [3.63, 3.8) is 0 Å². The fraction of sp³-hybridized carbons (Fsp3) is 0.308. The average Bonchev–Trinajstić information content (AvgIpc) is 2.97. The number of nitrogens with zero attached hydrogens (tertiary/aromatic N) is 5. The van der Waals surface area contributed by atoms with Gasteiger partial charge in [0.15, 0.2) is 5.11 Å². The number of thiazole rings is 1. The van der Waals surface area contributed by atoms with Crippen LogP contribution in [0.15, 0.2) is 22.9 Å². The summed E-state index contributed by atoms with van der Waals surface area (Å²) in [6.45, 7) is 4.05. The minimum atomic E-state index is 0.188. The van der Waals surface area contributed by atoms with Crippen molar-refractivity contribution in [2.24, 2.45) is 10.8 Å². The highest BCUT2D eigenvalue weighted by atomic mass is 32.1. The Labute approximate surface area is 138 Å². The minimum Gasteiger partial charge on any atom is -0.375 e. The Bertz CT molecular complexity index is 667. The van der Waals surface area contributed by atoms with Crippen LogP contribution < -0.4 is 11.1 Å². The Morgan fingerprint density at radius 3 is 2.86 bits per heavy atom. The SMILES string of the molecule is CC(C)Nc1nc(C=NN(C)C(N)=S)cc(-c2cncs2)n1. The van der Waals surface area contributed by atoms with Crippen molar-refractivity contribution in [1.82, 2.24) is 20.0 Å². The molecular formula is C13H17N7S2. The first-order valence-corrected chi connectivity index (χ1v) is 7.86. The fourth-order valence-electron chi connectivity index (χ4n) is 1.53. The van der Waals surface area contributed by atoms with Crippen molar-refractivity contribution in [3.05, 3.63) is 23.5 Å². The van der Waals surface area contributed by atoms with Gasteiger partial charge in [0.2, 0.25) is 5.95 Å². The molecule has 0 aliphatic heterocycles. The standard InChI is InChI=1S/C13H17N7S2/c1-8(2)17-13-18-9(5-16-20(3)12(14)21)4-10(19-13)11-6-15-7-22-11/h4-8H,1-3H3,(H2,14,21)(H,17,18,19). The lowest BCUT2D eigenvalue weighted by Gasteiger charge is -2.11. The molecule has 0 aromatic carbocycles. The minimum absolute atomic E-state index is 0.188. The zero-order valence-electron chi connectivity index (χ0n) is 12.5. The van der Waals surface area contributed by atoms with Crippen LogP contribution in [-0.4, -0.2) is 44.4 Å². The molecule has 7 nitrogen and oxygen atoms in total. The number of hydrazone groups is 1. The molecule has 116 valence electrons. The van der Waals surface area contributed by atoms with Crippen LogP contribution in [0.5, 0.6) is 0 Å². The smallest absolute Gasteiger partial charge is 0.224 e. The summed E-state index contributed by atoms with van der Waals surface area (Å²) in [6, 6.07) is 2.07. The topological polar surface area (TPSA) is 92.3 Å². The van der Waals surface area contributed by atoms with E-state index in [4.69, 9.17) is 18.0 Å². The number of hydrogen-bond acceptors (Lipinski definition) is 7. The first-order chi connectivity index (χ1) is 10.5. The van der Waals surface area contributed by atoms with Crippen LogP contribution in [0.4, 0.5) is 5.95 Å². The number of nitrogens with two attached hydrogens (primary N) is 1. The van der Waals surface area contributed by atoms with E-state index in [1.807, 2.05) is 19.9 Å². The lowest BCUT2D eigenvalue weighted by molar-refractivity contribution is 0.552. The van der Waals surface area contributed by atoms with Gasteiger partial charge in [-0.3, -0.25) is 4.98 Å². The molecule has 0 aliphatic rings. The Kier molecular flexibility index (Phi) is 5.34. The van der Waals surface area contributed by atoms with Gasteiger partial charge in [0.05, 0.1) is 28.0 Å². The summed E-state index contributed by atoms with van der Waals surface area (Å²) in [5, 5.41) is 8.93. The molecule has 0 aliphatic carbocycles. The monoisotopic (exact) mass is 335 g/mol. The molecule has 0 bridgehead atoms. The second-order valence-electron chi connectivity index (χ2n) is 4.77. The molecule has 22 heavy (non-hydrogen) atoms. The molecule has 0 spiro atoms. The van der Waals surface area contributed by atoms with Crippen molar-refractivity contribution in [1.29, 1.82) is 0 Å².